The van der Waals surface area contributed by atoms with Crippen LogP contribution in [0.2, 0.25) is 0 Å². The van der Waals surface area contributed by atoms with E-state index in [0.29, 0.717) is 32.5 Å². The number of para-hydroxylation sites is 1. The Hall–Kier alpha value is -2.40. The van der Waals surface area contributed by atoms with Crippen molar-refractivity contribution in [3.8, 4) is 5.75 Å². The number of halogens is 1. The van der Waals surface area contributed by atoms with Crippen molar-refractivity contribution in [2.24, 2.45) is 5.92 Å². The van der Waals surface area contributed by atoms with Crippen LogP contribution in [0.4, 0.5) is 4.39 Å². The van der Waals surface area contributed by atoms with Crippen LogP contribution in [0.1, 0.15) is 36.9 Å². The second-order valence-electron chi connectivity index (χ2n) is 6.57. The molecule has 2 aromatic rings. The van der Waals surface area contributed by atoms with E-state index < -0.39 is 5.97 Å². The van der Waals surface area contributed by atoms with Gasteiger partial charge in [0.15, 0.2) is 0 Å². The zero-order chi connectivity index (χ0) is 18.5. The molecule has 1 aliphatic heterocycles. The lowest BCUT2D eigenvalue weighted by atomic mass is 9.91. The van der Waals surface area contributed by atoms with Crippen LogP contribution in [-0.2, 0) is 4.79 Å². The number of hydrogen-bond acceptors (Lipinski definition) is 3. The number of rotatable bonds is 6. The topological polar surface area (TPSA) is 49.8 Å². The maximum absolute atomic E-state index is 13.4. The first-order chi connectivity index (χ1) is 12.6. The molecular weight excluding hydrogens is 333 g/mol. The van der Waals surface area contributed by atoms with E-state index >= 15 is 0 Å². The van der Waals surface area contributed by atoms with Crippen molar-refractivity contribution in [2.45, 2.75) is 25.8 Å². The van der Waals surface area contributed by atoms with Gasteiger partial charge >= 0.3 is 5.97 Å². The van der Waals surface area contributed by atoms with Gasteiger partial charge in [-0.05, 0) is 56.6 Å². The molecule has 1 heterocycles. The number of aliphatic carboxylic acids is 1. The van der Waals surface area contributed by atoms with Crippen molar-refractivity contribution >= 4 is 5.97 Å². The Morgan fingerprint density at radius 3 is 2.46 bits per heavy atom. The number of likely N-dealkylation sites (tertiary alicyclic amines) is 1. The van der Waals surface area contributed by atoms with E-state index in [1.54, 1.807) is 12.1 Å². The van der Waals surface area contributed by atoms with Gasteiger partial charge in [-0.15, -0.1) is 0 Å². The monoisotopic (exact) mass is 357 g/mol. The van der Waals surface area contributed by atoms with E-state index in [0.717, 1.165) is 16.9 Å². The van der Waals surface area contributed by atoms with Gasteiger partial charge in [0.1, 0.15) is 11.6 Å². The highest BCUT2D eigenvalue weighted by atomic mass is 19.1. The Bertz CT molecular complexity index is 739. The number of benzene rings is 2. The Morgan fingerprint density at radius 1 is 1.19 bits per heavy atom. The van der Waals surface area contributed by atoms with Crippen LogP contribution >= 0.6 is 0 Å². The second-order valence-corrected chi connectivity index (χ2v) is 6.57. The number of carboxylic acid groups (broad SMARTS) is 1. The highest BCUT2D eigenvalue weighted by molar-refractivity contribution is 5.70. The molecule has 0 amide bonds. The molecule has 0 spiro atoms. The third-order valence-electron chi connectivity index (χ3n) is 4.94. The summed E-state index contributed by atoms with van der Waals surface area (Å²) < 4.78 is 19.2. The third-order valence-corrected chi connectivity index (χ3v) is 4.94. The predicted octanol–water partition coefficient (Wildman–Crippen LogP) is 4.11. The largest absolute Gasteiger partial charge is 0.494 e. The highest BCUT2D eigenvalue weighted by Crippen LogP contribution is 2.37. The predicted molar refractivity (Wildman–Crippen MR) is 97.8 cm³/mol. The van der Waals surface area contributed by atoms with Crippen molar-refractivity contribution in [3.63, 3.8) is 0 Å². The van der Waals surface area contributed by atoms with Crippen molar-refractivity contribution in [2.75, 3.05) is 19.7 Å². The minimum absolute atomic E-state index is 0.0897. The lowest BCUT2D eigenvalue weighted by molar-refractivity contribution is -0.143. The third kappa shape index (κ3) is 4.05. The summed E-state index contributed by atoms with van der Waals surface area (Å²) in [5.41, 5.74) is 2.00. The van der Waals surface area contributed by atoms with Crippen LogP contribution in [0, 0.1) is 11.7 Å². The van der Waals surface area contributed by atoms with E-state index in [1.165, 1.54) is 12.1 Å². The van der Waals surface area contributed by atoms with Gasteiger partial charge in [-0.3, -0.25) is 9.69 Å². The maximum Gasteiger partial charge on any atom is 0.306 e. The molecular formula is C21H24FNO3. The smallest absolute Gasteiger partial charge is 0.306 e. The molecule has 1 unspecified atom stereocenters. The lowest BCUT2D eigenvalue weighted by Crippen LogP contribution is -2.39. The van der Waals surface area contributed by atoms with Crippen LogP contribution < -0.4 is 4.74 Å². The number of ether oxygens (including phenoxy) is 1. The molecule has 5 heteroatoms. The first-order valence-corrected chi connectivity index (χ1v) is 9.04. The summed E-state index contributed by atoms with van der Waals surface area (Å²) in [4.78, 5) is 13.5. The van der Waals surface area contributed by atoms with Crippen molar-refractivity contribution < 1.29 is 19.0 Å². The number of piperidine rings is 1. The van der Waals surface area contributed by atoms with Gasteiger partial charge in [-0.25, -0.2) is 4.39 Å². The molecule has 3 rings (SSSR count). The number of carbonyl (C=O) groups is 1. The zero-order valence-electron chi connectivity index (χ0n) is 14.9. The normalized spacial score (nSPS) is 17.0. The average molecular weight is 357 g/mol. The molecule has 0 aromatic heterocycles. The molecule has 1 saturated heterocycles. The molecule has 0 radical (unpaired) electrons. The average Bonchev–Trinajstić information content (AvgIpc) is 2.65. The van der Waals surface area contributed by atoms with Gasteiger partial charge in [0.2, 0.25) is 0 Å². The standard InChI is InChI=1S/C21H24FNO3/c1-2-26-19-6-4-3-5-18(19)20(15-7-9-17(22)10-8-15)23-13-11-16(12-14-23)21(24)25/h3-10,16,20H,2,11-14H2,1H3,(H,24,25). The van der Waals surface area contributed by atoms with Crippen LogP contribution in [0.15, 0.2) is 48.5 Å². The number of carboxylic acids is 1. The fourth-order valence-corrected chi connectivity index (χ4v) is 3.63. The summed E-state index contributed by atoms with van der Waals surface area (Å²) in [5.74, 6) is -0.472. The molecule has 1 fully saturated rings. The summed E-state index contributed by atoms with van der Waals surface area (Å²) in [6.45, 7) is 3.87. The molecule has 0 bridgehead atoms. The van der Waals surface area contributed by atoms with Crippen LogP contribution in [-0.4, -0.2) is 35.7 Å². The summed E-state index contributed by atoms with van der Waals surface area (Å²) in [5, 5.41) is 9.26. The fraction of sp³-hybridized carbons (Fsp3) is 0.381. The Morgan fingerprint density at radius 2 is 1.85 bits per heavy atom. The maximum atomic E-state index is 13.4. The molecule has 1 aliphatic rings. The van der Waals surface area contributed by atoms with Gasteiger partial charge in [-0.2, -0.15) is 0 Å². The van der Waals surface area contributed by atoms with E-state index in [4.69, 9.17) is 4.74 Å². The van der Waals surface area contributed by atoms with Gasteiger partial charge in [0.05, 0.1) is 18.6 Å². The summed E-state index contributed by atoms with van der Waals surface area (Å²) in [7, 11) is 0. The van der Waals surface area contributed by atoms with E-state index in [1.807, 2.05) is 31.2 Å². The molecule has 4 nitrogen and oxygen atoms in total. The molecule has 0 saturated carbocycles. The quantitative estimate of drug-likeness (QED) is 0.845. The van der Waals surface area contributed by atoms with E-state index in [2.05, 4.69) is 4.90 Å². The number of hydrogen-bond donors (Lipinski definition) is 1. The van der Waals surface area contributed by atoms with Crippen LogP contribution in [0.25, 0.3) is 0 Å². The highest BCUT2D eigenvalue weighted by Gasteiger charge is 2.31. The second kappa shape index (κ2) is 8.32. The summed E-state index contributed by atoms with van der Waals surface area (Å²) >= 11 is 0. The van der Waals surface area contributed by atoms with Crippen molar-refractivity contribution in [1.29, 1.82) is 0 Å². The van der Waals surface area contributed by atoms with Gasteiger partial charge in [-0.1, -0.05) is 30.3 Å². The summed E-state index contributed by atoms with van der Waals surface area (Å²) in [6, 6.07) is 14.3. The molecule has 26 heavy (non-hydrogen) atoms. The van der Waals surface area contributed by atoms with E-state index in [-0.39, 0.29) is 17.8 Å². The molecule has 1 atom stereocenters. The Balaban J connectivity index is 1.95. The summed E-state index contributed by atoms with van der Waals surface area (Å²) in [6.07, 6.45) is 1.23. The zero-order valence-corrected chi connectivity index (χ0v) is 14.9. The lowest BCUT2D eigenvalue weighted by Gasteiger charge is -2.37. The van der Waals surface area contributed by atoms with Crippen molar-refractivity contribution in [1.82, 2.24) is 4.90 Å². The van der Waals surface area contributed by atoms with Crippen molar-refractivity contribution in [3.05, 3.63) is 65.5 Å². The minimum atomic E-state index is -0.724. The van der Waals surface area contributed by atoms with Crippen LogP contribution in [0.3, 0.4) is 0 Å². The first-order valence-electron chi connectivity index (χ1n) is 9.04. The minimum Gasteiger partial charge on any atom is -0.494 e. The fourth-order valence-electron chi connectivity index (χ4n) is 3.63. The first kappa shape index (κ1) is 18.4. The van der Waals surface area contributed by atoms with Gasteiger partial charge < -0.3 is 9.84 Å². The number of nitrogens with zero attached hydrogens (tertiary/aromatic N) is 1. The van der Waals surface area contributed by atoms with Gasteiger partial charge in [0.25, 0.3) is 0 Å². The molecule has 1 N–H and O–H groups in total. The van der Waals surface area contributed by atoms with Gasteiger partial charge in [0, 0.05) is 5.56 Å². The Kier molecular flexibility index (Phi) is 5.89. The van der Waals surface area contributed by atoms with Crippen LogP contribution in [0.5, 0.6) is 5.75 Å². The molecule has 2 aromatic carbocycles. The SMILES string of the molecule is CCOc1ccccc1C(c1ccc(F)cc1)N1CCC(C(=O)O)CC1. The Labute approximate surface area is 153 Å². The molecule has 0 aliphatic carbocycles. The molecule has 138 valence electrons. The van der Waals surface area contributed by atoms with E-state index in [9.17, 15) is 14.3 Å².